The molecule has 3 rings (SSSR count). The first-order chi connectivity index (χ1) is 20.2. The number of hydrogen-bond donors (Lipinski definition) is 6. The molecule has 0 saturated carbocycles. The highest BCUT2D eigenvalue weighted by Gasteiger charge is 2.23. The summed E-state index contributed by atoms with van der Waals surface area (Å²) in [5.41, 5.74) is -0.854. The summed E-state index contributed by atoms with van der Waals surface area (Å²) in [7, 11) is -13.8. The molecule has 0 radical (unpaired) electrons. The second-order valence-electron chi connectivity index (χ2n) is 7.78. The van der Waals surface area contributed by atoms with Crippen molar-refractivity contribution in [3.8, 4) is 5.75 Å². The van der Waals surface area contributed by atoms with Gasteiger partial charge in [0, 0.05) is 15.7 Å². The highest BCUT2D eigenvalue weighted by Crippen LogP contribution is 2.42. The van der Waals surface area contributed by atoms with E-state index in [4.69, 9.17) is 10.5 Å². The number of rotatable bonds is 16. The zero-order valence-electron chi connectivity index (χ0n) is 20.8. The third-order valence-electron chi connectivity index (χ3n) is 5.03. The minimum Gasteiger partial charge on any atom is -0.507 e. The molecule has 0 aromatic heterocycles. The van der Waals surface area contributed by atoms with Gasteiger partial charge in [0.1, 0.15) is 27.9 Å². The highest BCUT2D eigenvalue weighted by molar-refractivity contribution is 7.94. The van der Waals surface area contributed by atoms with E-state index in [0.717, 1.165) is 12.1 Å². The molecule has 43 heavy (non-hydrogen) atoms. The van der Waals surface area contributed by atoms with Crippen molar-refractivity contribution in [1.82, 2.24) is 0 Å². The molecule has 0 spiro atoms. The van der Waals surface area contributed by atoms with Crippen LogP contribution in [0.2, 0.25) is 0 Å². The van der Waals surface area contributed by atoms with Crippen LogP contribution in [0.25, 0.3) is 10.8 Å². The maximum Gasteiger partial charge on any atom is 0.296 e. The lowest BCUT2D eigenvalue weighted by Crippen LogP contribution is -2.13. The topological polar surface area (TPSA) is 286 Å². The van der Waals surface area contributed by atoms with Crippen LogP contribution < -0.4 is 5.32 Å². The molecule has 0 aliphatic rings. The quantitative estimate of drug-likeness (QED) is 0.0309. The third kappa shape index (κ3) is 9.91. The van der Waals surface area contributed by atoms with Crippen molar-refractivity contribution in [3.05, 3.63) is 42.5 Å². The van der Waals surface area contributed by atoms with Gasteiger partial charge in [-0.3, -0.25) is 13.3 Å². The lowest BCUT2D eigenvalue weighted by molar-refractivity contribution is -0.434. The second kappa shape index (κ2) is 14.9. The Morgan fingerprint density at radius 3 is 2.23 bits per heavy atom. The van der Waals surface area contributed by atoms with Crippen molar-refractivity contribution in [3.63, 3.8) is 0 Å². The van der Waals surface area contributed by atoms with Crippen molar-refractivity contribution in [2.24, 2.45) is 10.2 Å². The van der Waals surface area contributed by atoms with Gasteiger partial charge in [0.05, 0.1) is 35.0 Å². The largest absolute Gasteiger partial charge is 0.507 e. The van der Waals surface area contributed by atoms with Crippen LogP contribution in [0.3, 0.4) is 0 Å². The molecule has 0 fully saturated rings. The molecule has 0 aliphatic heterocycles. The molecule has 0 atom stereocenters. The Hall–Kier alpha value is -2.69. The van der Waals surface area contributed by atoms with Crippen molar-refractivity contribution >= 4 is 82.3 Å². The third-order valence-corrected chi connectivity index (χ3v) is 9.04. The molecule has 19 nitrogen and oxygen atoms in total. The predicted octanol–water partition coefficient (Wildman–Crippen LogP) is 3.67. The number of hydrogen-bond acceptors (Lipinski definition) is 19. The molecular formula is C19H19N3O16S5. The van der Waals surface area contributed by atoms with Crippen LogP contribution in [0, 0.1) is 0 Å². The van der Waals surface area contributed by atoms with Crippen LogP contribution in [-0.2, 0) is 53.0 Å². The zero-order chi connectivity index (χ0) is 31.8. The number of azo groups is 1. The van der Waals surface area contributed by atoms with Gasteiger partial charge in [0.2, 0.25) is 0 Å². The van der Waals surface area contributed by atoms with E-state index in [0.29, 0.717) is 18.1 Å². The first-order valence-corrected chi connectivity index (χ1v) is 16.9. The lowest BCUT2D eigenvalue weighted by Gasteiger charge is -2.13. The molecule has 0 heterocycles. The van der Waals surface area contributed by atoms with E-state index in [-0.39, 0.29) is 45.1 Å². The predicted molar refractivity (Wildman–Crippen MR) is 147 cm³/mol. The van der Waals surface area contributed by atoms with E-state index in [9.17, 15) is 39.5 Å². The summed E-state index contributed by atoms with van der Waals surface area (Å²) >= 11 is 0.572. The number of phenolic OH excluding ortho intramolecular Hbond substituents is 1. The van der Waals surface area contributed by atoms with E-state index < -0.39 is 63.8 Å². The summed E-state index contributed by atoms with van der Waals surface area (Å²) in [5.74, 6) is -2.02. The van der Waals surface area contributed by atoms with E-state index in [1.165, 1.54) is 24.3 Å². The van der Waals surface area contributed by atoms with Crippen LogP contribution in [0.15, 0.2) is 67.4 Å². The second-order valence-corrected chi connectivity index (χ2v) is 14.0. The molecule has 236 valence electrons. The Morgan fingerprint density at radius 1 is 0.860 bits per heavy atom. The summed E-state index contributed by atoms with van der Waals surface area (Å²) in [4.78, 5) is -1.39. The van der Waals surface area contributed by atoms with Crippen LogP contribution in [0.1, 0.15) is 0 Å². The van der Waals surface area contributed by atoms with Gasteiger partial charge in [-0.05, 0) is 42.5 Å². The van der Waals surface area contributed by atoms with Crippen LogP contribution in [0.5, 0.6) is 5.75 Å². The Labute approximate surface area is 251 Å². The van der Waals surface area contributed by atoms with Gasteiger partial charge in [-0.2, -0.15) is 16.8 Å². The van der Waals surface area contributed by atoms with E-state index in [1.807, 2.05) is 0 Å². The minimum absolute atomic E-state index is 0.0641. The number of sulfone groups is 1. The highest BCUT2D eigenvalue weighted by atomic mass is 32.2. The first kappa shape index (κ1) is 34.8. The molecule has 0 amide bonds. The summed E-state index contributed by atoms with van der Waals surface area (Å²) < 4.78 is 104. The van der Waals surface area contributed by atoms with Gasteiger partial charge < -0.3 is 10.4 Å². The number of aromatic hydroxyl groups is 1. The fourth-order valence-electron chi connectivity index (χ4n) is 3.30. The molecule has 0 unspecified atom stereocenters. The van der Waals surface area contributed by atoms with Gasteiger partial charge in [-0.15, -0.1) is 18.9 Å². The number of nitrogens with one attached hydrogen (secondary N) is 1. The molecule has 24 heteroatoms. The molecule has 3 aromatic rings. The maximum atomic E-state index is 12.6. The molecule has 0 bridgehead atoms. The lowest BCUT2D eigenvalue weighted by atomic mass is 10.1. The average Bonchev–Trinajstić information content (AvgIpc) is 2.92. The van der Waals surface area contributed by atoms with Crippen molar-refractivity contribution in [2.75, 3.05) is 23.6 Å². The zero-order valence-corrected chi connectivity index (χ0v) is 24.9. The number of phenols is 1. The van der Waals surface area contributed by atoms with Crippen molar-refractivity contribution in [2.45, 2.75) is 14.7 Å². The fourth-order valence-corrected chi connectivity index (χ4v) is 6.23. The van der Waals surface area contributed by atoms with Crippen LogP contribution in [-0.4, -0.2) is 68.2 Å². The summed E-state index contributed by atoms with van der Waals surface area (Å²) in [6, 6.07) is 7.66. The van der Waals surface area contributed by atoms with Gasteiger partial charge >= 0.3 is 0 Å². The van der Waals surface area contributed by atoms with Crippen molar-refractivity contribution in [1.29, 1.82) is 0 Å². The van der Waals surface area contributed by atoms with E-state index in [2.05, 4.69) is 38.5 Å². The Morgan fingerprint density at radius 2 is 1.58 bits per heavy atom. The number of benzene rings is 3. The molecular weight excluding hydrogens is 687 g/mol. The van der Waals surface area contributed by atoms with Crippen molar-refractivity contribution < 1.29 is 72.9 Å². The minimum atomic E-state index is -5.10. The molecule has 0 aliphatic carbocycles. The van der Waals surface area contributed by atoms with Crippen LogP contribution >= 0.6 is 24.4 Å². The SMILES string of the molecule is O=S(=O)(O)CNc1ccc2c(O)cc(SOOO)cc2c1/N=N/c1ccc(S(=O)(=O)CCOSOOO)cc1S(=O)(=O)O. The molecule has 3 aromatic carbocycles. The maximum absolute atomic E-state index is 12.6. The standard InChI is InChI=1S/C19H19N3O16S5/c23-17-8-11(39-37-35-24)7-14-13(17)2-4-16(20-10-42(28,29)30)19(14)22-21-15-3-1-12(9-18(15)43(31,32)33)41(26,27)6-5-34-40-38-36-25/h1-4,7-9,20,23-25H,5-6,10H2,(H,28,29,30)(H,31,32,33)/b22-21+. The normalized spacial score (nSPS) is 12.7. The Balaban J connectivity index is 2.11. The van der Waals surface area contributed by atoms with Gasteiger partial charge in [0.25, 0.3) is 20.2 Å². The Kier molecular flexibility index (Phi) is 12.0. The molecule has 0 saturated heterocycles. The number of anilines is 1. The molecule has 6 N–H and O–H groups in total. The van der Waals surface area contributed by atoms with Gasteiger partial charge in [-0.25, -0.2) is 18.9 Å². The summed E-state index contributed by atoms with van der Waals surface area (Å²) in [6.07, 6.45) is 0. The number of nitrogens with zero attached hydrogens (tertiary/aromatic N) is 2. The van der Waals surface area contributed by atoms with Gasteiger partial charge in [0.15, 0.2) is 22.2 Å². The first-order valence-electron chi connectivity index (χ1n) is 10.8. The van der Waals surface area contributed by atoms with E-state index in [1.54, 1.807) is 0 Å². The van der Waals surface area contributed by atoms with E-state index >= 15 is 0 Å². The smallest absolute Gasteiger partial charge is 0.296 e. The van der Waals surface area contributed by atoms with Gasteiger partial charge in [-0.1, -0.05) is 10.1 Å². The Bertz CT molecular complexity index is 1820. The summed E-state index contributed by atoms with van der Waals surface area (Å²) in [6.45, 7) is -0.484. The monoisotopic (exact) mass is 705 g/mol. The fraction of sp³-hybridized carbons (Fsp3) is 0.158. The average molecular weight is 706 g/mol. The summed E-state index contributed by atoms with van der Waals surface area (Å²) in [5, 5.41) is 44.1. The van der Waals surface area contributed by atoms with Crippen LogP contribution in [0.4, 0.5) is 17.1 Å². The number of fused-ring (bicyclic) bond motifs is 1.